The van der Waals surface area contributed by atoms with Crippen LogP contribution in [0.1, 0.15) is 18.2 Å². The third kappa shape index (κ3) is 5.60. The maximum Gasteiger partial charge on any atom is 0.125 e. The standard InChI is InChI=1S/C20H29NO2Si/c1-6-16(15-24(3,4)5)14-19(20-8-7-13-23-20)21-17-9-11-18(22-2)12-10-17/h6-13,16,19,21H,1,14-15H2,2-5H3/t16-,19-/m1/s1. The van der Waals surface area contributed by atoms with Crippen molar-refractivity contribution in [3.63, 3.8) is 0 Å². The van der Waals surface area contributed by atoms with Gasteiger partial charge in [0.2, 0.25) is 0 Å². The molecule has 0 aliphatic heterocycles. The third-order valence-corrected chi connectivity index (χ3v) is 5.81. The summed E-state index contributed by atoms with van der Waals surface area (Å²) in [4.78, 5) is 0. The zero-order chi connectivity index (χ0) is 17.6. The predicted molar refractivity (Wildman–Crippen MR) is 105 cm³/mol. The van der Waals surface area contributed by atoms with Gasteiger partial charge in [-0.3, -0.25) is 0 Å². The molecule has 1 heterocycles. The van der Waals surface area contributed by atoms with Crippen molar-refractivity contribution in [3.05, 3.63) is 61.1 Å². The molecule has 0 bridgehead atoms. The summed E-state index contributed by atoms with van der Waals surface area (Å²) in [6, 6.07) is 13.4. The number of hydrogen-bond acceptors (Lipinski definition) is 3. The summed E-state index contributed by atoms with van der Waals surface area (Å²) in [6.07, 6.45) is 4.82. The number of nitrogens with one attached hydrogen (secondary N) is 1. The van der Waals surface area contributed by atoms with Crippen LogP contribution in [0.4, 0.5) is 5.69 Å². The molecule has 2 rings (SSSR count). The fourth-order valence-corrected chi connectivity index (χ4v) is 4.88. The van der Waals surface area contributed by atoms with Crippen molar-refractivity contribution in [3.8, 4) is 5.75 Å². The Morgan fingerprint density at radius 2 is 1.92 bits per heavy atom. The number of allylic oxidation sites excluding steroid dienone is 1. The van der Waals surface area contributed by atoms with E-state index in [1.54, 1.807) is 13.4 Å². The van der Waals surface area contributed by atoms with Crippen molar-refractivity contribution in [2.24, 2.45) is 5.92 Å². The number of benzene rings is 1. The highest BCUT2D eigenvalue weighted by Crippen LogP contribution is 2.31. The monoisotopic (exact) mass is 343 g/mol. The number of furan rings is 1. The van der Waals surface area contributed by atoms with Gasteiger partial charge in [-0.15, -0.1) is 6.58 Å². The van der Waals surface area contributed by atoms with E-state index in [9.17, 15) is 0 Å². The zero-order valence-corrected chi connectivity index (χ0v) is 16.2. The highest BCUT2D eigenvalue weighted by molar-refractivity contribution is 6.76. The van der Waals surface area contributed by atoms with Crippen LogP contribution in [0.3, 0.4) is 0 Å². The molecule has 2 aromatic rings. The molecule has 0 saturated carbocycles. The van der Waals surface area contributed by atoms with E-state index in [4.69, 9.17) is 9.15 Å². The topological polar surface area (TPSA) is 34.4 Å². The van der Waals surface area contributed by atoms with Crippen molar-refractivity contribution >= 4 is 13.8 Å². The number of ether oxygens (including phenoxy) is 1. The van der Waals surface area contributed by atoms with Gasteiger partial charge in [0.25, 0.3) is 0 Å². The van der Waals surface area contributed by atoms with Gasteiger partial charge >= 0.3 is 0 Å². The van der Waals surface area contributed by atoms with Crippen molar-refractivity contribution in [1.82, 2.24) is 0 Å². The Morgan fingerprint density at radius 1 is 1.21 bits per heavy atom. The molecular weight excluding hydrogens is 314 g/mol. The maximum absolute atomic E-state index is 5.68. The van der Waals surface area contributed by atoms with Gasteiger partial charge in [-0.1, -0.05) is 31.8 Å². The number of rotatable bonds is 9. The first-order valence-corrected chi connectivity index (χ1v) is 12.2. The fourth-order valence-electron chi connectivity index (χ4n) is 2.98. The van der Waals surface area contributed by atoms with E-state index in [0.29, 0.717) is 5.92 Å². The predicted octanol–water partition coefficient (Wildman–Crippen LogP) is 5.97. The molecule has 1 aromatic carbocycles. The smallest absolute Gasteiger partial charge is 0.125 e. The Kier molecular flexibility index (Phi) is 6.32. The quantitative estimate of drug-likeness (QED) is 0.450. The molecule has 130 valence electrons. The molecule has 0 amide bonds. The van der Waals surface area contributed by atoms with Crippen LogP contribution in [0.25, 0.3) is 0 Å². The van der Waals surface area contributed by atoms with Gasteiger partial charge in [0.1, 0.15) is 11.5 Å². The fraction of sp³-hybridized carbons (Fsp3) is 0.400. The van der Waals surface area contributed by atoms with Crippen molar-refractivity contribution in [2.75, 3.05) is 12.4 Å². The Balaban J connectivity index is 2.14. The molecule has 24 heavy (non-hydrogen) atoms. The summed E-state index contributed by atoms with van der Waals surface area (Å²) in [5, 5.41) is 3.60. The van der Waals surface area contributed by atoms with E-state index >= 15 is 0 Å². The highest BCUT2D eigenvalue weighted by Gasteiger charge is 2.23. The third-order valence-electron chi connectivity index (χ3n) is 4.06. The van der Waals surface area contributed by atoms with Crippen LogP contribution < -0.4 is 10.1 Å². The average molecular weight is 344 g/mol. The second-order valence-corrected chi connectivity index (χ2v) is 13.0. The molecule has 3 nitrogen and oxygen atoms in total. The Labute approximate surface area is 146 Å². The molecular formula is C20H29NO2Si. The molecule has 0 spiro atoms. The first-order valence-electron chi connectivity index (χ1n) is 8.48. The van der Waals surface area contributed by atoms with Gasteiger partial charge in [0.15, 0.2) is 0 Å². The molecule has 0 saturated heterocycles. The van der Waals surface area contributed by atoms with E-state index in [2.05, 4.69) is 37.6 Å². The highest BCUT2D eigenvalue weighted by atomic mass is 28.3. The molecule has 1 N–H and O–H groups in total. The van der Waals surface area contributed by atoms with Crippen LogP contribution in [0.2, 0.25) is 25.7 Å². The normalized spacial score (nSPS) is 14.0. The van der Waals surface area contributed by atoms with Gasteiger partial charge in [-0.2, -0.15) is 0 Å². The Hall–Kier alpha value is -1.94. The summed E-state index contributed by atoms with van der Waals surface area (Å²) < 4.78 is 10.9. The van der Waals surface area contributed by atoms with Crippen molar-refractivity contribution in [2.45, 2.75) is 38.1 Å². The second-order valence-electron chi connectivity index (χ2n) is 7.44. The number of hydrogen-bond donors (Lipinski definition) is 1. The van der Waals surface area contributed by atoms with Crippen LogP contribution in [-0.4, -0.2) is 15.2 Å². The Bertz CT molecular complexity index is 614. The lowest BCUT2D eigenvalue weighted by molar-refractivity contribution is 0.414. The first kappa shape index (κ1) is 18.4. The lowest BCUT2D eigenvalue weighted by Gasteiger charge is -2.26. The Morgan fingerprint density at radius 3 is 2.42 bits per heavy atom. The summed E-state index contributed by atoms with van der Waals surface area (Å²) >= 11 is 0. The summed E-state index contributed by atoms with van der Waals surface area (Å²) in [6.45, 7) is 11.3. The van der Waals surface area contributed by atoms with E-state index in [-0.39, 0.29) is 6.04 Å². The van der Waals surface area contributed by atoms with Crippen LogP contribution in [-0.2, 0) is 0 Å². The molecule has 0 radical (unpaired) electrons. The SMILES string of the molecule is C=C[C@H](C[C@@H](Nc1ccc(OC)cc1)c1ccco1)C[Si](C)(C)C. The lowest BCUT2D eigenvalue weighted by atomic mass is 9.99. The van der Waals surface area contributed by atoms with Gasteiger partial charge in [0, 0.05) is 13.8 Å². The minimum absolute atomic E-state index is 0.132. The van der Waals surface area contributed by atoms with Gasteiger partial charge < -0.3 is 14.5 Å². The van der Waals surface area contributed by atoms with Crippen LogP contribution in [0.15, 0.2) is 59.7 Å². The molecule has 0 fully saturated rings. The van der Waals surface area contributed by atoms with E-state index in [1.165, 1.54) is 6.04 Å². The molecule has 0 unspecified atom stereocenters. The zero-order valence-electron chi connectivity index (χ0n) is 15.2. The van der Waals surface area contributed by atoms with E-state index < -0.39 is 8.07 Å². The van der Waals surface area contributed by atoms with Gasteiger partial charge in [-0.25, -0.2) is 0 Å². The summed E-state index contributed by atoms with van der Waals surface area (Å²) in [5.74, 6) is 2.31. The first-order chi connectivity index (χ1) is 11.4. The van der Waals surface area contributed by atoms with E-state index in [0.717, 1.165) is 23.6 Å². The largest absolute Gasteiger partial charge is 0.497 e. The molecule has 2 atom stereocenters. The minimum Gasteiger partial charge on any atom is -0.497 e. The lowest BCUT2D eigenvalue weighted by Crippen LogP contribution is -2.25. The summed E-state index contributed by atoms with van der Waals surface area (Å²) in [7, 11) is 0.536. The van der Waals surface area contributed by atoms with Crippen LogP contribution >= 0.6 is 0 Å². The van der Waals surface area contributed by atoms with Crippen molar-refractivity contribution < 1.29 is 9.15 Å². The van der Waals surface area contributed by atoms with Gasteiger partial charge in [-0.05, 0) is 48.7 Å². The second kappa shape index (κ2) is 8.24. The van der Waals surface area contributed by atoms with Crippen molar-refractivity contribution in [1.29, 1.82) is 0 Å². The number of anilines is 1. The molecule has 0 aliphatic rings. The van der Waals surface area contributed by atoms with Crippen LogP contribution in [0.5, 0.6) is 5.75 Å². The molecule has 1 aromatic heterocycles. The average Bonchev–Trinajstić information content (AvgIpc) is 3.07. The molecule has 0 aliphatic carbocycles. The summed E-state index contributed by atoms with van der Waals surface area (Å²) in [5.41, 5.74) is 1.06. The van der Waals surface area contributed by atoms with Gasteiger partial charge in [0.05, 0.1) is 19.4 Å². The number of methoxy groups -OCH3 is 1. The van der Waals surface area contributed by atoms with E-state index in [1.807, 2.05) is 36.4 Å². The maximum atomic E-state index is 5.68. The molecule has 4 heteroatoms. The minimum atomic E-state index is -1.14. The van der Waals surface area contributed by atoms with Crippen LogP contribution in [0, 0.1) is 5.92 Å².